The smallest absolute Gasteiger partial charge is 0.138 e. The third kappa shape index (κ3) is 9.32. The van der Waals surface area contributed by atoms with E-state index in [0.29, 0.717) is 22.2 Å². The van der Waals surface area contributed by atoms with Crippen LogP contribution in [0.5, 0.6) is 0 Å². The summed E-state index contributed by atoms with van der Waals surface area (Å²) >= 11 is 14.0. The molecule has 0 aromatic heterocycles. The molecule has 0 aliphatic heterocycles. The summed E-state index contributed by atoms with van der Waals surface area (Å²) in [6.45, 7) is 5.15. The fraction of sp³-hybridized carbons (Fsp3) is 0.650. The van der Waals surface area contributed by atoms with Crippen molar-refractivity contribution in [3.05, 3.63) is 33.8 Å². The zero-order chi connectivity index (χ0) is 18.8. The van der Waals surface area contributed by atoms with E-state index in [1.54, 1.807) is 11.8 Å². The van der Waals surface area contributed by atoms with Gasteiger partial charge in [-0.15, -0.1) is 12.4 Å². The molecule has 0 bridgehead atoms. The van der Waals surface area contributed by atoms with Crippen LogP contribution in [0.1, 0.15) is 56.8 Å². The molecule has 0 spiro atoms. The van der Waals surface area contributed by atoms with E-state index >= 15 is 0 Å². The van der Waals surface area contributed by atoms with Crippen LogP contribution in [0, 0.1) is 5.92 Å². The van der Waals surface area contributed by atoms with Crippen molar-refractivity contribution in [1.82, 2.24) is 4.90 Å². The van der Waals surface area contributed by atoms with Crippen molar-refractivity contribution in [2.75, 3.05) is 26.4 Å². The number of hydrogen-bond donors (Lipinski definition) is 0. The molecule has 0 saturated carbocycles. The molecule has 0 N–H and O–H groups in total. The molecule has 0 radical (unpaired) electrons. The van der Waals surface area contributed by atoms with E-state index in [4.69, 9.17) is 23.2 Å². The molecule has 1 rings (SSSR count). The van der Waals surface area contributed by atoms with Gasteiger partial charge in [0.25, 0.3) is 0 Å². The molecule has 0 aliphatic carbocycles. The number of carbonyl (C=O) groups is 1. The van der Waals surface area contributed by atoms with Gasteiger partial charge in [0.15, 0.2) is 0 Å². The van der Waals surface area contributed by atoms with E-state index in [2.05, 4.69) is 18.7 Å². The fourth-order valence-electron chi connectivity index (χ4n) is 2.97. The lowest BCUT2D eigenvalue weighted by atomic mass is 9.92. The largest absolute Gasteiger partial charge is 0.309 e. The molecule has 2 atom stereocenters. The molecule has 0 amide bonds. The van der Waals surface area contributed by atoms with Crippen LogP contribution in [-0.4, -0.2) is 37.1 Å². The van der Waals surface area contributed by atoms with Crippen LogP contribution < -0.4 is 0 Å². The number of carbonyl (C=O) groups excluding carboxylic acids is 1. The molecule has 2 unspecified atom stereocenters. The molecule has 0 heterocycles. The summed E-state index contributed by atoms with van der Waals surface area (Å²) in [5, 5.41) is 1.26. The van der Waals surface area contributed by atoms with Gasteiger partial charge in [0.05, 0.1) is 10.0 Å². The summed E-state index contributed by atoms with van der Waals surface area (Å²) in [6.07, 6.45) is 5.04. The van der Waals surface area contributed by atoms with Crippen LogP contribution in [0.4, 0.5) is 0 Å². The number of Topliss-reactive ketones (excluding diaryl/α,β-unsaturated/α-hetero) is 1. The second-order valence-corrected chi connectivity index (χ2v) is 9.04. The van der Waals surface area contributed by atoms with Crippen LogP contribution >= 0.6 is 47.4 Å². The Labute approximate surface area is 179 Å². The van der Waals surface area contributed by atoms with Gasteiger partial charge in [0, 0.05) is 24.1 Å². The first-order valence-electron chi connectivity index (χ1n) is 9.13. The molecule has 0 aliphatic rings. The Hall–Kier alpha value is 0.0700. The summed E-state index contributed by atoms with van der Waals surface area (Å²) in [7, 11) is 4.08. The van der Waals surface area contributed by atoms with Crippen LogP contribution in [-0.2, 0) is 4.79 Å². The van der Waals surface area contributed by atoms with Gasteiger partial charge >= 0.3 is 0 Å². The maximum absolute atomic E-state index is 13.0. The predicted molar refractivity (Wildman–Crippen MR) is 120 cm³/mol. The monoisotopic (exact) mass is 439 g/mol. The fourth-order valence-corrected chi connectivity index (χ4v) is 4.30. The van der Waals surface area contributed by atoms with Crippen LogP contribution in [0.25, 0.3) is 0 Å². The average molecular weight is 441 g/mol. The third-order valence-corrected chi connectivity index (χ3v) is 6.18. The molecular formula is C20H32Cl3NOS. The van der Waals surface area contributed by atoms with Crippen LogP contribution in [0.15, 0.2) is 18.2 Å². The Balaban J connectivity index is 0.00000625. The maximum Gasteiger partial charge on any atom is 0.138 e. The lowest BCUT2D eigenvalue weighted by molar-refractivity contribution is -0.123. The number of nitrogens with zero attached hydrogens (tertiary/aromatic N) is 1. The summed E-state index contributed by atoms with van der Waals surface area (Å²) in [5.74, 6) is 1.44. The highest BCUT2D eigenvalue weighted by atomic mass is 35.5. The Bertz CT molecular complexity index is 540. The quantitative estimate of drug-likeness (QED) is 0.329. The van der Waals surface area contributed by atoms with Crippen LogP contribution in [0.2, 0.25) is 10.0 Å². The van der Waals surface area contributed by atoms with E-state index in [0.717, 1.165) is 30.7 Å². The molecule has 2 nitrogen and oxygen atoms in total. The highest BCUT2D eigenvalue weighted by Gasteiger charge is 2.24. The normalized spacial score (nSPS) is 13.3. The molecule has 150 valence electrons. The van der Waals surface area contributed by atoms with Crippen molar-refractivity contribution in [3.8, 4) is 0 Å². The van der Waals surface area contributed by atoms with Crippen molar-refractivity contribution in [2.45, 2.75) is 51.2 Å². The van der Waals surface area contributed by atoms with Crippen LogP contribution in [0.3, 0.4) is 0 Å². The SMILES string of the molecule is CCCCCC(CN(C)C)C(=O)CC(SCC)c1ccc(Cl)c(Cl)c1.Cl. The number of halogens is 3. The second kappa shape index (κ2) is 14.1. The Kier molecular flexibility index (Phi) is 14.2. The summed E-state index contributed by atoms with van der Waals surface area (Å²) in [5.41, 5.74) is 1.09. The summed E-state index contributed by atoms with van der Waals surface area (Å²) < 4.78 is 0. The topological polar surface area (TPSA) is 20.3 Å². The maximum atomic E-state index is 13.0. The van der Waals surface area contributed by atoms with E-state index in [1.165, 1.54) is 12.8 Å². The van der Waals surface area contributed by atoms with Gasteiger partial charge in [-0.2, -0.15) is 11.8 Å². The highest BCUT2D eigenvalue weighted by Crippen LogP contribution is 2.36. The van der Waals surface area contributed by atoms with Gasteiger partial charge in [-0.25, -0.2) is 0 Å². The van der Waals surface area contributed by atoms with Gasteiger partial charge in [0.2, 0.25) is 0 Å². The first kappa shape index (κ1) is 26.1. The number of unbranched alkanes of at least 4 members (excludes halogenated alkanes) is 2. The molecule has 0 fully saturated rings. The van der Waals surface area contributed by atoms with Gasteiger partial charge in [-0.3, -0.25) is 4.79 Å². The molecule has 6 heteroatoms. The molecule has 26 heavy (non-hydrogen) atoms. The molecule has 0 saturated heterocycles. The van der Waals surface area contributed by atoms with Crippen molar-refractivity contribution >= 4 is 53.2 Å². The van der Waals surface area contributed by atoms with E-state index in [9.17, 15) is 4.79 Å². The third-order valence-electron chi connectivity index (χ3n) is 4.27. The summed E-state index contributed by atoms with van der Waals surface area (Å²) in [4.78, 5) is 15.1. The van der Waals surface area contributed by atoms with Crippen molar-refractivity contribution in [2.24, 2.45) is 5.92 Å². The first-order chi connectivity index (χ1) is 11.9. The number of benzene rings is 1. The number of ketones is 1. The summed E-state index contributed by atoms with van der Waals surface area (Å²) in [6, 6.07) is 5.72. The van der Waals surface area contributed by atoms with Gasteiger partial charge in [-0.05, 0) is 44.0 Å². The lowest BCUT2D eigenvalue weighted by Gasteiger charge is -2.23. The van der Waals surface area contributed by atoms with Crippen molar-refractivity contribution in [3.63, 3.8) is 0 Å². The molecule has 1 aromatic carbocycles. The molecular weight excluding hydrogens is 409 g/mol. The van der Waals surface area contributed by atoms with E-state index in [-0.39, 0.29) is 23.6 Å². The highest BCUT2D eigenvalue weighted by molar-refractivity contribution is 7.99. The van der Waals surface area contributed by atoms with E-state index in [1.807, 2.05) is 32.3 Å². The molecule has 1 aromatic rings. The zero-order valence-corrected chi connectivity index (χ0v) is 19.4. The number of thioether (sulfide) groups is 1. The number of hydrogen-bond acceptors (Lipinski definition) is 3. The second-order valence-electron chi connectivity index (χ2n) is 6.74. The Morgan fingerprint density at radius 1 is 1.15 bits per heavy atom. The Morgan fingerprint density at radius 2 is 1.85 bits per heavy atom. The first-order valence-corrected chi connectivity index (χ1v) is 10.9. The van der Waals surface area contributed by atoms with E-state index < -0.39 is 0 Å². The minimum atomic E-state index is 0. The lowest BCUT2D eigenvalue weighted by Crippen LogP contribution is -2.28. The van der Waals surface area contributed by atoms with Gasteiger partial charge in [0.1, 0.15) is 5.78 Å². The predicted octanol–water partition coefficient (Wildman–Crippen LogP) is 6.93. The van der Waals surface area contributed by atoms with Crippen molar-refractivity contribution < 1.29 is 4.79 Å². The minimum absolute atomic E-state index is 0. The van der Waals surface area contributed by atoms with Crippen molar-refractivity contribution in [1.29, 1.82) is 0 Å². The average Bonchev–Trinajstić information content (AvgIpc) is 2.56. The van der Waals surface area contributed by atoms with Gasteiger partial charge in [-0.1, -0.05) is 62.4 Å². The number of rotatable bonds is 12. The minimum Gasteiger partial charge on any atom is -0.309 e. The standard InChI is InChI=1S/C20H31Cl2NOS.ClH/c1-5-7-8-9-16(14-23(3)4)19(24)13-20(25-6-2)15-10-11-17(21)18(22)12-15;/h10-12,16,20H,5-9,13-14H2,1-4H3;1H. The van der Waals surface area contributed by atoms with Gasteiger partial charge < -0.3 is 4.90 Å². The Morgan fingerprint density at radius 3 is 2.38 bits per heavy atom. The zero-order valence-electron chi connectivity index (χ0n) is 16.3.